The van der Waals surface area contributed by atoms with Crippen LogP contribution in [-0.2, 0) is 16.6 Å². The van der Waals surface area contributed by atoms with Crippen LogP contribution >= 0.6 is 0 Å². The zero-order valence-electron chi connectivity index (χ0n) is 22.8. The third kappa shape index (κ3) is 7.41. The Morgan fingerprint density at radius 2 is 1.79 bits per heavy atom. The molecule has 1 saturated heterocycles. The average Bonchev–Trinajstić information content (AvgIpc) is 3.35. The van der Waals surface area contributed by atoms with Crippen molar-refractivity contribution in [1.29, 1.82) is 0 Å². The number of likely N-dealkylation sites (tertiary alicyclic amines) is 1. The minimum absolute atomic E-state index is 0.163. The number of hydrogen-bond donors (Lipinski definition) is 2. The summed E-state index contributed by atoms with van der Waals surface area (Å²) in [5.41, 5.74) is 2.32. The lowest BCUT2D eigenvalue weighted by Gasteiger charge is -2.34. The smallest absolute Gasteiger partial charge is 0.274 e. The SMILES string of the molecule is CC(C)N1CCC(Oc2ccc(C(=O)Nc3ccc(CC(=O)Nc4cc(C(C)(C)C)no4)cc3)nc2)CC1. The van der Waals surface area contributed by atoms with E-state index in [1.165, 1.54) is 0 Å². The minimum Gasteiger partial charge on any atom is -0.489 e. The molecular formula is C29H37N5O4. The highest BCUT2D eigenvalue weighted by Gasteiger charge is 2.22. The highest BCUT2D eigenvalue weighted by atomic mass is 16.5. The van der Waals surface area contributed by atoms with Gasteiger partial charge in [0.05, 0.1) is 18.3 Å². The van der Waals surface area contributed by atoms with E-state index in [0.29, 0.717) is 29.1 Å². The number of nitrogens with zero attached hydrogens (tertiary/aromatic N) is 3. The number of anilines is 2. The second-order valence-corrected chi connectivity index (χ2v) is 11.0. The number of hydrogen-bond acceptors (Lipinski definition) is 7. The summed E-state index contributed by atoms with van der Waals surface area (Å²) in [7, 11) is 0. The van der Waals surface area contributed by atoms with Gasteiger partial charge in [-0.3, -0.25) is 14.9 Å². The fraction of sp³-hybridized carbons (Fsp3) is 0.448. The van der Waals surface area contributed by atoms with Crippen LogP contribution in [0.25, 0.3) is 0 Å². The number of ether oxygens (including phenoxy) is 1. The number of carbonyl (C=O) groups is 2. The van der Waals surface area contributed by atoms with Crippen LogP contribution in [0.2, 0.25) is 0 Å². The van der Waals surface area contributed by atoms with Gasteiger partial charge in [0.15, 0.2) is 0 Å². The fourth-order valence-electron chi connectivity index (χ4n) is 4.24. The molecule has 0 unspecified atom stereocenters. The molecule has 0 saturated carbocycles. The van der Waals surface area contributed by atoms with E-state index in [1.54, 1.807) is 48.7 Å². The van der Waals surface area contributed by atoms with Crippen LogP contribution in [0, 0.1) is 0 Å². The summed E-state index contributed by atoms with van der Waals surface area (Å²) in [5.74, 6) is 0.471. The maximum absolute atomic E-state index is 12.7. The predicted molar refractivity (Wildman–Crippen MR) is 147 cm³/mol. The first-order chi connectivity index (χ1) is 18.1. The van der Waals surface area contributed by atoms with Crippen molar-refractivity contribution in [1.82, 2.24) is 15.0 Å². The zero-order valence-corrected chi connectivity index (χ0v) is 22.8. The number of nitrogens with one attached hydrogen (secondary N) is 2. The lowest BCUT2D eigenvalue weighted by Crippen LogP contribution is -2.41. The molecule has 3 aromatic rings. The van der Waals surface area contributed by atoms with Crippen molar-refractivity contribution in [2.45, 2.75) is 71.4 Å². The van der Waals surface area contributed by atoms with Crippen molar-refractivity contribution in [3.8, 4) is 5.75 Å². The van der Waals surface area contributed by atoms with Gasteiger partial charge in [0.1, 0.15) is 17.5 Å². The Labute approximate surface area is 223 Å². The number of rotatable bonds is 8. The van der Waals surface area contributed by atoms with Crippen LogP contribution in [0.15, 0.2) is 53.2 Å². The van der Waals surface area contributed by atoms with Gasteiger partial charge in [-0.1, -0.05) is 38.1 Å². The molecule has 2 aromatic heterocycles. The molecule has 9 heteroatoms. The van der Waals surface area contributed by atoms with Gasteiger partial charge < -0.3 is 19.5 Å². The van der Waals surface area contributed by atoms with Gasteiger partial charge in [-0.05, 0) is 56.5 Å². The van der Waals surface area contributed by atoms with Crippen molar-refractivity contribution in [2.24, 2.45) is 0 Å². The van der Waals surface area contributed by atoms with Gasteiger partial charge in [-0.2, -0.15) is 0 Å². The Balaban J connectivity index is 1.24. The molecule has 1 fully saturated rings. The van der Waals surface area contributed by atoms with Gasteiger partial charge in [0, 0.05) is 36.3 Å². The number of carbonyl (C=O) groups excluding carboxylic acids is 2. The summed E-state index contributed by atoms with van der Waals surface area (Å²) >= 11 is 0. The number of pyridine rings is 1. The molecule has 0 bridgehead atoms. The van der Waals surface area contributed by atoms with Gasteiger partial charge in [0.2, 0.25) is 11.8 Å². The largest absolute Gasteiger partial charge is 0.489 e. The first-order valence-electron chi connectivity index (χ1n) is 13.1. The Bertz CT molecular complexity index is 1220. The standard InChI is InChI=1S/C29H37N5O4/c1-19(2)34-14-12-22(13-15-34)37-23-10-11-24(30-18-23)28(36)31-21-8-6-20(7-9-21)16-26(35)32-27-17-25(33-38-27)29(3,4)5/h6-11,17-19,22H,12-16H2,1-5H3,(H,31,36)(H,32,35). The lowest BCUT2D eigenvalue weighted by atomic mass is 9.92. The monoisotopic (exact) mass is 519 g/mol. The molecule has 2 amide bonds. The second kappa shape index (κ2) is 11.8. The van der Waals surface area contributed by atoms with Crippen molar-refractivity contribution in [2.75, 3.05) is 23.7 Å². The van der Waals surface area contributed by atoms with E-state index < -0.39 is 0 Å². The van der Waals surface area contributed by atoms with Gasteiger partial charge >= 0.3 is 0 Å². The van der Waals surface area contributed by atoms with E-state index in [0.717, 1.165) is 37.2 Å². The number of aromatic nitrogens is 2. The summed E-state index contributed by atoms with van der Waals surface area (Å²) in [5, 5.41) is 9.58. The average molecular weight is 520 g/mol. The first kappa shape index (κ1) is 27.3. The predicted octanol–water partition coefficient (Wildman–Crippen LogP) is 5.05. The molecule has 0 spiro atoms. The third-order valence-electron chi connectivity index (χ3n) is 6.60. The van der Waals surface area contributed by atoms with Crippen LogP contribution < -0.4 is 15.4 Å². The Kier molecular flexibility index (Phi) is 8.46. The minimum atomic E-state index is -0.313. The van der Waals surface area contributed by atoms with Gasteiger partial charge in [-0.15, -0.1) is 0 Å². The van der Waals surface area contributed by atoms with E-state index in [-0.39, 0.29) is 29.8 Å². The normalized spacial score (nSPS) is 14.9. The molecule has 3 heterocycles. The molecule has 1 aromatic carbocycles. The Morgan fingerprint density at radius 1 is 1.08 bits per heavy atom. The van der Waals surface area contributed by atoms with Gasteiger partial charge in [-0.25, -0.2) is 4.98 Å². The fourth-order valence-corrected chi connectivity index (χ4v) is 4.24. The van der Waals surface area contributed by atoms with Crippen molar-refractivity contribution < 1.29 is 18.8 Å². The lowest BCUT2D eigenvalue weighted by molar-refractivity contribution is -0.115. The van der Waals surface area contributed by atoms with Crippen LogP contribution in [0.1, 0.15) is 69.2 Å². The molecule has 0 atom stereocenters. The summed E-state index contributed by atoms with van der Waals surface area (Å²) in [6.07, 6.45) is 3.90. The van der Waals surface area contributed by atoms with E-state index in [2.05, 4.69) is 39.5 Å². The molecule has 4 rings (SSSR count). The Hall–Kier alpha value is -3.72. The van der Waals surface area contributed by atoms with Crippen LogP contribution in [0.5, 0.6) is 5.75 Å². The third-order valence-corrected chi connectivity index (χ3v) is 6.60. The quantitative estimate of drug-likeness (QED) is 0.428. The van der Waals surface area contributed by atoms with Crippen molar-refractivity contribution in [3.63, 3.8) is 0 Å². The molecule has 1 aliphatic rings. The second-order valence-electron chi connectivity index (χ2n) is 11.0. The maximum atomic E-state index is 12.7. The number of piperidine rings is 1. The topological polar surface area (TPSA) is 110 Å². The summed E-state index contributed by atoms with van der Waals surface area (Å²) < 4.78 is 11.3. The van der Waals surface area contributed by atoms with Crippen molar-refractivity contribution in [3.05, 3.63) is 65.6 Å². The molecule has 2 N–H and O–H groups in total. The molecule has 202 valence electrons. The number of benzene rings is 1. The van der Waals surface area contributed by atoms with E-state index >= 15 is 0 Å². The van der Waals surface area contributed by atoms with Gasteiger partial charge in [0.25, 0.3) is 5.91 Å². The van der Waals surface area contributed by atoms with E-state index in [9.17, 15) is 9.59 Å². The maximum Gasteiger partial charge on any atom is 0.274 e. The molecular weight excluding hydrogens is 482 g/mol. The number of amides is 2. The van der Waals surface area contributed by atoms with Crippen LogP contribution in [0.3, 0.4) is 0 Å². The molecule has 38 heavy (non-hydrogen) atoms. The van der Waals surface area contributed by atoms with E-state index in [1.807, 2.05) is 20.8 Å². The highest BCUT2D eigenvalue weighted by molar-refractivity contribution is 6.02. The van der Waals surface area contributed by atoms with E-state index in [4.69, 9.17) is 9.26 Å². The zero-order chi connectivity index (χ0) is 27.3. The molecule has 0 aliphatic carbocycles. The van der Waals surface area contributed by atoms with Crippen molar-refractivity contribution >= 4 is 23.4 Å². The first-order valence-corrected chi connectivity index (χ1v) is 13.1. The summed E-state index contributed by atoms with van der Waals surface area (Å²) in [6.45, 7) is 12.6. The van der Waals surface area contributed by atoms with Crippen LogP contribution in [0.4, 0.5) is 11.6 Å². The molecule has 1 aliphatic heterocycles. The highest BCUT2D eigenvalue weighted by Crippen LogP contribution is 2.24. The molecule has 0 radical (unpaired) electrons. The van der Waals surface area contributed by atoms with Crippen LogP contribution in [-0.4, -0.2) is 52.1 Å². The summed E-state index contributed by atoms with van der Waals surface area (Å²) in [4.78, 5) is 31.8. The molecule has 9 nitrogen and oxygen atoms in total. The summed E-state index contributed by atoms with van der Waals surface area (Å²) in [6, 6.07) is 12.9. The Morgan fingerprint density at radius 3 is 2.37 bits per heavy atom.